The number of ether oxygens (including phenoxy) is 1. The first-order valence-corrected chi connectivity index (χ1v) is 7.45. The van der Waals surface area contributed by atoms with E-state index in [0.717, 1.165) is 38.7 Å². The topological polar surface area (TPSA) is 87.7 Å². The van der Waals surface area contributed by atoms with E-state index in [1.165, 1.54) is 0 Å². The molecule has 20 heavy (non-hydrogen) atoms. The standard InChI is InChI=1S/C14H24N2O4/c1-10-5-2-3-7-14(10,12(17)18)16-13(19)15-9-11-6-4-8-20-11/h10-11H,2-9H2,1H3,(H,17,18)(H2,15,16,19). The van der Waals surface area contributed by atoms with Crippen molar-refractivity contribution in [1.82, 2.24) is 10.6 Å². The lowest BCUT2D eigenvalue weighted by Crippen LogP contribution is -2.62. The van der Waals surface area contributed by atoms with Crippen molar-refractivity contribution in [3.05, 3.63) is 0 Å². The van der Waals surface area contributed by atoms with Crippen LogP contribution in [0.4, 0.5) is 4.79 Å². The summed E-state index contributed by atoms with van der Waals surface area (Å²) >= 11 is 0. The molecular formula is C14H24N2O4. The van der Waals surface area contributed by atoms with Gasteiger partial charge in [-0.2, -0.15) is 0 Å². The Morgan fingerprint density at radius 3 is 2.70 bits per heavy atom. The minimum atomic E-state index is -1.13. The van der Waals surface area contributed by atoms with Gasteiger partial charge in [-0.1, -0.05) is 19.8 Å². The molecular weight excluding hydrogens is 260 g/mol. The Bertz CT molecular complexity index is 368. The van der Waals surface area contributed by atoms with Crippen LogP contribution in [0.2, 0.25) is 0 Å². The Balaban J connectivity index is 1.90. The summed E-state index contributed by atoms with van der Waals surface area (Å²) in [7, 11) is 0. The molecule has 1 heterocycles. The number of rotatable bonds is 4. The molecule has 1 saturated heterocycles. The van der Waals surface area contributed by atoms with Crippen LogP contribution in [-0.4, -0.2) is 41.9 Å². The average Bonchev–Trinajstić information content (AvgIpc) is 2.92. The molecule has 114 valence electrons. The van der Waals surface area contributed by atoms with Crippen LogP contribution in [0.15, 0.2) is 0 Å². The Labute approximate surface area is 119 Å². The molecule has 1 saturated carbocycles. The SMILES string of the molecule is CC1CCCCC1(NC(=O)NCC1CCCO1)C(=O)O. The molecule has 0 aromatic heterocycles. The second-order valence-corrected chi connectivity index (χ2v) is 5.89. The molecule has 2 rings (SSSR count). The van der Waals surface area contributed by atoms with Gasteiger partial charge in [0, 0.05) is 13.2 Å². The van der Waals surface area contributed by atoms with E-state index in [2.05, 4.69) is 10.6 Å². The summed E-state index contributed by atoms with van der Waals surface area (Å²) in [4.78, 5) is 23.6. The van der Waals surface area contributed by atoms with Gasteiger partial charge in [0.2, 0.25) is 0 Å². The van der Waals surface area contributed by atoms with Crippen LogP contribution < -0.4 is 10.6 Å². The normalized spacial score (nSPS) is 33.6. The van der Waals surface area contributed by atoms with Crippen molar-refractivity contribution >= 4 is 12.0 Å². The fraction of sp³-hybridized carbons (Fsp3) is 0.857. The van der Waals surface area contributed by atoms with Crippen molar-refractivity contribution in [2.75, 3.05) is 13.2 Å². The number of nitrogens with one attached hydrogen (secondary N) is 2. The summed E-state index contributed by atoms with van der Waals surface area (Å²) in [6.07, 6.45) is 5.21. The molecule has 3 unspecified atom stereocenters. The zero-order chi connectivity index (χ0) is 14.6. The molecule has 0 aromatic rings. The Hall–Kier alpha value is -1.30. The van der Waals surface area contributed by atoms with Crippen molar-refractivity contribution in [3.63, 3.8) is 0 Å². The van der Waals surface area contributed by atoms with E-state index in [9.17, 15) is 14.7 Å². The summed E-state index contributed by atoms with van der Waals surface area (Å²) < 4.78 is 5.43. The number of aliphatic carboxylic acids is 1. The molecule has 0 spiro atoms. The number of carboxylic acid groups (broad SMARTS) is 1. The molecule has 6 heteroatoms. The molecule has 0 aromatic carbocycles. The maximum atomic E-state index is 12.0. The molecule has 3 N–H and O–H groups in total. The van der Waals surface area contributed by atoms with Crippen LogP contribution in [-0.2, 0) is 9.53 Å². The van der Waals surface area contributed by atoms with Crippen molar-refractivity contribution in [1.29, 1.82) is 0 Å². The largest absolute Gasteiger partial charge is 0.479 e. The molecule has 0 bridgehead atoms. The van der Waals surface area contributed by atoms with Gasteiger partial charge in [-0.25, -0.2) is 9.59 Å². The van der Waals surface area contributed by atoms with Gasteiger partial charge in [0.05, 0.1) is 6.10 Å². The van der Waals surface area contributed by atoms with E-state index in [1.807, 2.05) is 6.92 Å². The fourth-order valence-electron chi connectivity index (χ4n) is 3.16. The molecule has 2 aliphatic rings. The Morgan fingerprint density at radius 1 is 1.30 bits per heavy atom. The second kappa shape index (κ2) is 6.43. The van der Waals surface area contributed by atoms with Crippen molar-refractivity contribution < 1.29 is 19.4 Å². The predicted octanol–water partition coefficient (Wildman–Crippen LogP) is 1.50. The highest BCUT2D eigenvalue weighted by Crippen LogP contribution is 2.33. The zero-order valence-electron chi connectivity index (χ0n) is 12.0. The Kier molecular flexibility index (Phi) is 4.86. The quantitative estimate of drug-likeness (QED) is 0.730. The number of hydrogen-bond acceptors (Lipinski definition) is 3. The number of urea groups is 1. The highest BCUT2D eigenvalue weighted by molar-refractivity contribution is 5.86. The van der Waals surface area contributed by atoms with Crippen LogP contribution in [0.3, 0.4) is 0 Å². The van der Waals surface area contributed by atoms with Gasteiger partial charge in [-0.15, -0.1) is 0 Å². The van der Waals surface area contributed by atoms with Gasteiger partial charge in [0.25, 0.3) is 0 Å². The van der Waals surface area contributed by atoms with Gasteiger partial charge < -0.3 is 20.5 Å². The van der Waals surface area contributed by atoms with E-state index in [-0.39, 0.29) is 12.0 Å². The lowest BCUT2D eigenvalue weighted by Gasteiger charge is -2.39. The first kappa shape index (κ1) is 15.1. The fourth-order valence-corrected chi connectivity index (χ4v) is 3.16. The van der Waals surface area contributed by atoms with E-state index < -0.39 is 17.5 Å². The van der Waals surface area contributed by atoms with Crippen LogP contribution >= 0.6 is 0 Å². The maximum absolute atomic E-state index is 12.0. The number of carbonyl (C=O) groups excluding carboxylic acids is 1. The predicted molar refractivity (Wildman–Crippen MR) is 73.5 cm³/mol. The number of hydrogen-bond donors (Lipinski definition) is 3. The van der Waals surface area contributed by atoms with Crippen LogP contribution in [0, 0.1) is 5.92 Å². The van der Waals surface area contributed by atoms with Crippen LogP contribution in [0.1, 0.15) is 45.4 Å². The van der Waals surface area contributed by atoms with Gasteiger partial charge in [-0.3, -0.25) is 0 Å². The van der Waals surface area contributed by atoms with E-state index in [1.54, 1.807) is 0 Å². The molecule has 1 aliphatic heterocycles. The highest BCUT2D eigenvalue weighted by Gasteiger charge is 2.46. The van der Waals surface area contributed by atoms with E-state index in [0.29, 0.717) is 13.0 Å². The monoisotopic (exact) mass is 284 g/mol. The summed E-state index contributed by atoms with van der Waals surface area (Å²) in [5.41, 5.74) is -1.13. The van der Waals surface area contributed by atoms with Gasteiger partial charge in [0.1, 0.15) is 5.54 Å². The van der Waals surface area contributed by atoms with Crippen LogP contribution in [0.5, 0.6) is 0 Å². The lowest BCUT2D eigenvalue weighted by molar-refractivity contribution is -0.148. The van der Waals surface area contributed by atoms with Gasteiger partial charge in [0.15, 0.2) is 0 Å². The number of amides is 2. The third-order valence-corrected chi connectivity index (χ3v) is 4.53. The maximum Gasteiger partial charge on any atom is 0.329 e. The first-order chi connectivity index (χ1) is 9.54. The molecule has 3 atom stereocenters. The smallest absolute Gasteiger partial charge is 0.329 e. The molecule has 2 fully saturated rings. The van der Waals surface area contributed by atoms with E-state index in [4.69, 9.17) is 4.74 Å². The first-order valence-electron chi connectivity index (χ1n) is 7.45. The average molecular weight is 284 g/mol. The van der Waals surface area contributed by atoms with Crippen molar-refractivity contribution in [2.45, 2.75) is 57.1 Å². The van der Waals surface area contributed by atoms with E-state index >= 15 is 0 Å². The third kappa shape index (κ3) is 3.23. The summed E-state index contributed by atoms with van der Waals surface area (Å²) in [6, 6.07) is -0.406. The molecule has 1 aliphatic carbocycles. The summed E-state index contributed by atoms with van der Waals surface area (Å²) in [5.74, 6) is -0.987. The molecule has 6 nitrogen and oxygen atoms in total. The van der Waals surface area contributed by atoms with Crippen LogP contribution in [0.25, 0.3) is 0 Å². The summed E-state index contributed by atoms with van der Waals surface area (Å²) in [5, 5.41) is 15.0. The molecule has 0 radical (unpaired) electrons. The minimum absolute atomic E-state index is 0.0535. The van der Waals surface area contributed by atoms with Gasteiger partial charge >= 0.3 is 12.0 Å². The molecule has 2 amide bonds. The van der Waals surface area contributed by atoms with Crippen molar-refractivity contribution in [3.8, 4) is 0 Å². The lowest BCUT2D eigenvalue weighted by atomic mass is 9.73. The number of carboxylic acids is 1. The highest BCUT2D eigenvalue weighted by atomic mass is 16.5. The zero-order valence-corrected chi connectivity index (χ0v) is 12.0. The van der Waals surface area contributed by atoms with Crippen molar-refractivity contribution in [2.24, 2.45) is 5.92 Å². The van der Waals surface area contributed by atoms with Gasteiger partial charge in [-0.05, 0) is 31.6 Å². The minimum Gasteiger partial charge on any atom is -0.479 e. The summed E-state index contributed by atoms with van der Waals surface area (Å²) in [6.45, 7) is 3.08. The number of carbonyl (C=O) groups is 2. The third-order valence-electron chi connectivity index (χ3n) is 4.53. The second-order valence-electron chi connectivity index (χ2n) is 5.89. The Morgan fingerprint density at radius 2 is 2.10 bits per heavy atom.